The molecule has 3 rings (SSSR count). The van der Waals surface area contributed by atoms with E-state index < -0.39 is 0 Å². The summed E-state index contributed by atoms with van der Waals surface area (Å²) in [5.74, 6) is 1.28. The Bertz CT molecular complexity index is 897. The molecule has 5 nitrogen and oxygen atoms in total. The molecule has 0 saturated carbocycles. The maximum absolute atomic E-state index is 4.65. The second-order valence-electron chi connectivity index (χ2n) is 6.71. The molecule has 0 aliphatic rings. The monoisotopic (exact) mass is 497 g/mol. The van der Waals surface area contributed by atoms with E-state index in [1.807, 2.05) is 0 Å². The largest absolute Gasteiger partial charge is 0.358 e. The fraction of sp³-hybridized carbons (Fsp3) is 0.400. The van der Waals surface area contributed by atoms with Crippen LogP contribution in [0.3, 0.4) is 0 Å². The number of aromatic amines is 1. The normalized spacial score (nSPS) is 11.7. The van der Waals surface area contributed by atoms with Gasteiger partial charge in [-0.3, -0.25) is 4.99 Å². The van der Waals surface area contributed by atoms with Crippen LogP contribution in [-0.4, -0.2) is 29.5 Å². The van der Waals surface area contributed by atoms with Crippen molar-refractivity contribution in [3.8, 4) is 0 Å². The quantitative estimate of drug-likeness (QED) is 0.265. The van der Waals surface area contributed by atoms with Gasteiger partial charge in [0.15, 0.2) is 5.96 Å². The molecule has 2 aromatic heterocycles. The van der Waals surface area contributed by atoms with Crippen molar-refractivity contribution in [2.45, 2.75) is 39.7 Å². The van der Waals surface area contributed by atoms with Gasteiger partial charge in [0, 0.05) is 41.5 Å². The summed E-state index contributed by atoms with van der Waals surface area (Å²) in [5.41, 5.74) is 4.87. The number of guanidine groups is 1. The molecule has 3 aromatic rings. The third-order valence-corrected chi connectivity index (χ3v) is 5.61. The average molecular weight is 497 g/mol. The zero-order valence-electron chi connectivity index (χ0n) is 16.3. The lowest BCUT2D eigenvalue weighted by atomic mass is 10.1. The number of hydrogen-bond donors (Lipinski definition) is 3. The molecule has 146 valence electrons. The maximum atomic E-state index is 4.65. The number of thiazole rings is 1. The third kappa shape index (κ3) is 5.44. The van der Waals surface area contributed by atoms with Gasteiger partial charge >= 0.3 is 0 Å². The van der Waals surface area contributed by atoms with Gasteiger partial charge in [0.05, 0.1) is 17.2 Å². The van der Waals surface area contributed by atoms with Crippen LogP contribution in [0.1, 0.15) is 41.7 Å². The molecule has 2 heterocycles. The minimum atomic E-state index is 0. The van der Waals surface area contributed by atoms with Gasteiger partial charge in [-0.15, -0.1) is 35.3 Å². The lowest BCUT2D eigenvalue weighted by Gasteiger charge is -2.11. The van der Waals surface area contributed by atoms with E-state index in [-0.39, 0.29) is 24.0 Å². The Labute approximate surface area is 182 Å². The zero-order chi connectivity index (χ0) is 18.5. The Morgan fingerprint density at radius 3 is 2.74 bits per heavy atom. The first-order valence-electron chi connectivity index (χ1n) is 9.03. The predicted molar refractivity (Wildman–Crippen MR) is 127 cm³/mol. The summed E-state index contributed by atoms with van der Waals surface area (Å²) in [6.07, 6.45) is 0.949. The number of nitrogens with zero attached hydrogens (tertiary/aromatic N) is 2. The molecule has 7 heteroatoms. The summed E-state index contributed by atoms with van der Waals surface area (Å²) in [6, 6.07) is 8.45. The summed E-state index contributed by atoms with van der Waals surface area (Å²) in [4.78, 5) is 12.4. The molecule has 0 fully saturated rings. The molecule has 0 unspecified atom stereocenters. The second-order valence-corrected chi connectivity index (χ2v) is 7.60. The standard InChI is InChI=1S/C20H27N5S.HI/c1-13(2)19-25-15(12-26-19)11-23-20(21-4)22-10-9-16-14(3)24-18-8-6-5-7-17(16)18;/h5-8,12-13,24H,9-11H2,1-4H3,(H2,21,22,23);1H. The number of halogens is 1. The van der Waals surface area contributed by atoms with E-state index in [4.69, 9.17) is 0 Å². The topological polar surface area (TPSA) is 65.1 Å². The zero-order valence-corrected chi connectivity index (χ0v) is 19.4. The fourth-order valence-corrected chi connectivity index (χ4v) is 3.86. The van der Waals surface area contributed by atoms with Crippen molar-refractivity contribution in [2.75, 3.05) is 13.6 Å². The van der Waals surface area contributed by atoms with Gasteiger partial charge in [-0.2, -0.15) is 0 Å². The van der Waals surface area contributed by atoms with E-state index in [9.17, 15) is 0 Å². The van der Waals surface area contributed by atoms with Crippen molar-refractivity contribution in [1.29, 1.82) is 0 Å². The lowest BCUT2D eigenvalue weighted by molar-refractivity contribution is 0.776. The molecule has 0 aliphatic carbocycles. The lowest BCUT2D eigenvalue weighted by Crippen LogP contribution is -2.38. The van der Waals surface area contributed by atoms with Crippen LogP contribution in [0.5, 0.6) is 0 Å². The first-order chi connectivity index (χ1) is 12.6. The number of nitrogens with one attached hydrogen (secondary N) is 3. The molecule has 0 saturated heterocycles. The summed E-state index contributed by atoms with van der Waals surface area (Å²) in [7, 11) is 1.80. The van der Waals surface area contributed by atoms with Crippen molar-refractivity contribution in [1.82, 2.24) is 20.6 Å². The minimum absolute atomic E-state index is 0. The Morgan fingerprint density at radius 1 is 1.26 bits per heavy atom. The molecule has 3 N–H and O–H groups in total. The van der Waals surface area contributed by atoms with Crippen molar-refractivity contribution >= 4 is 52.2 Å². The van der Waals surface area contributed by atoms with Gasteiger partial charge < -0.3 is 15.6 Å². The molecule has 1 aromatic carbocycles. The van der Waals surface area contributed by atoms with Gasteiger partial charge in [-0.1, -0.05) is 32.0 Å². The average Bonchev–Trinajstić information content (AvgIpc) is 3.22. The van der Waals surface area contributed by atoms with Crippen molar-refractivity contribution in [3.63, 3.8) is 0 Å². The molecular weight excluding hydrogens is 469 g/mol. The second kappa shape index (κ2) is 10.1. The van der Waals surface area contributed by atoms with E-state index >= 15 is 0 Å². The number of hydrogen-bond acceptors (Lipinski definition) is 3. The maximum Gasteiger partial charge on any atom is 0.191 e. The third-order valence-electron chi connectivity index (χ3n) is 4.42. The number of aryl methyl sites for hydroxylation is 1. The molecule has 0 aliphatic heterocycles. The SMILES string of the molecule is CN=C(NCCc1c(C)[nH]c2ccccc12)NCc1csc(C(C)C)n1.I. The number of H-pyrrole nitrogens is 1. The van der Waals surface area contributed by atoms with E-state index in [0.717, 1.165) is 24.6 Å². The van der Waals surface area contributed by atoms with Gasteiger partial charge in [-0.25, -0.2) is 4.98 Å². The van der Waals surface area contributed by atoms with Crippen LogP contribution < -0.4 is 10.6 Å². The number of fused-ring (bicyclic) bond motifs is 1. The minimum Gasteiger partial charge on any atom is -0.358 e. The van der Waals surface area contributed by atoms with E-state index in [1.54, 1.807) is 18.4 Å². The molecule has 0 spiro atoms. The Kier molecular flexibility index (Phi) is 8.09. The van der Waals surface area contributed by atoms with Crippen molar-refractivity contribution in [2.24, 2.45) is 4.99 Å². The predicted octanol–water partition coefficient (Wildman–Crippen LogP) is 4.58. The molecule has 0 amide bonds. The van der Waals surface area contributed by atoms with Crippen LogP contribution >= 0.6 is 35.3 Å². The van der Waals surface area contributed by atoms with Gasteiger partial charge in [0.25, 0.3) is 0 Å². The van der Waals surface area contributed by atoms with Crippen LogP contribution in [-0.2, 0) is 13.0 Å². The van der Waals surface area contributed by atoms with E-state index in [1.165, 1.54) is 27.2 Å². The first-order valence-corrected chi connectivity index (χ1v) is 9.91. The summed E-state index contributed by atoms with van der Waals surface area (Å²) in [5, 5.41) is 11.3. The van der Waals surface area contributed by atoms with Gasteiger partial charge in [0.2, 0.25) is 0 Å². The van der Waals surface area contributed by atoms with Crippen molar-refractivity contribution in [3.05, 3.63) is 51.6 Å². The highest BCUT2D eigenvalue weighted by molar-refractivity contribution is 14.0. The number of benzene rings is 1. The van der Waals surface area contributed by atoms with Crippen LogP contribution in [0.4, 0.5) is 0 Å². The van der Waals surface area contributed by atoms with E-state index in [2.05, 4.69) is 76.0 Å². The number of rotatable bonds is 6. The van der Waals surface area contributed by atoms with Gasteiger partial charge in [0.1, 0.15) is 0 Å². The van der Waals surface area contributed by atoms with Crippen LogP contribution in [0, 0.1) is 6.92 Å². The molecule has 0 atom stereocenters. The van der Waals surface area contributed by atoms with E-state index in [0.29, 0.717) is 12.5 Å². The van der Waals surface area contributed by atoms with Crippen LogP contribution in [0.25, 0.3) is 10.9 Å². The molecule has 0 radical (unpaired) electrons. The summed E-state index contributed by atoms with van der Waals surface area (Å²) < 4.78 is 0. The highest BCUT2D eigenvalue weighted by Crippen LogP contribution is 2.22. The fourth-order valence-electron chi connectivity index (χ4n) is 3.03. The molecule has 27 heavy (non-hydrogen) atoms. The highest BCUT2D eigenvalue weighted by atomic mass is 127. The Balaban J connectivity index is 0.00000261. The van der Waals surface area contributed by atoms with Crippen LogP contribution in [0.2, 0.25) is 0 Å². The molecular formula is C20H28IN5S. The summed E-state index contributed by atoms with van der Waals surface area (Å²) in [6.45, 7) is 8.00. The number of para-hydroxylation sites is 1. The highest BCUT2D eigenvalue weighted by Gasteiger charge is 2.09. The molecule has 0 bridgehead atoms. The number of aromatic nitrogens is 2. The first kappa shape index (κ1) is 21.7. The van der Waals surface area contributed by atoms with Crippen molar-refractivity contribution < 1.29 is 0 Å². The van der Waals surface area contributed by atoms with Crippen LogP contribution in [0.15, 0.2) is 34.6 Å². The Morgan fingerprint density at radius 2 is 2.04 bits per heavy atom. The number of aliphatic imine (C=N–C) groups is 1. The summed E-state index contributed by atoms with van der Waals surface area (Å²) >= 11 is 1.72. The smallest absolute Gasteiger partial charge is 0.191 e. The van der Waals surface area contributed by atoms with Gasteiger partial charge in [-0.05, 0) is 25.0 Å². The Hall–Kier alpha value is -1.61.